The zero-order valence-corrected chi connectivity index (χ0v) is 10.0. The van der Waals surface area contributed by atoms with Gasteiger partial charge in [-0.3, -0.25) is 0 Å². The fourth-order valence-electron chi connectivity index (χ4n) is 2.13. The lowest BCUT2D eigenvalue weighted by Crippen LogP contribution is -2.68. The molecule has 0 amide bonds. The largest absolute Gasteiger partial charge is 0.571 e. The third kappa shape index (κ3) is 2.41. The molecule has 2 aromatic rings. The molecule has 0 aromatic heterocycles. The Balaban J connectivity index is 2.47. The van der Waals surface area contributed by atoms with Gasteiger partial charge in [0.25, 0.3) is 0 Å². The predicted molar refractivity (Wildman–Crippen MR) is 73.7 cm³/mol. The molecule has 0 heterocycles. The van der Waals surface area contributed by atoms with Gasteiger partial charge in [0.1, 0.15) is 0 Å². The molecule has 88 valence electrons. The van der Waals surface area contributed by atoms with E-state index in [2.05, 4.69) is 0 Å². The van der Waals surface area contributed by atoms with Crippen LogP contribution in [0.5, 0.6) is 0 Å². The molecule has 0 atom stereocenters. The highest BCUT2D eigenvalue weighted by Gasteiger charge is 2.24. The van der Waals surface area contributed by atoms with Crippen molar-refractivity contribution in [2.45, 2.75) is 6.92 Å². The molecule has 0 saturated heterocycles. The van der Waals surface area contributed by atoms with E-state index in [9.17, 15) is 0 Å². The molecule has 0 aliphatic heterocycles. The Morgan fingerprint density at radius 2 is 1.29 bits per heavy atom. The van der Waals surface area contributed by atoms with Gasteiger partial charge in [0.2, 0.25) is 6.48 Å². The van der Waals surface area contributed by atoms with Crippen LogP contribution in [0.4, 0.5) is 0 Å². The Bertz CT molecular complexity index is 419. The summed E-state index contributed by atoms with van der Waals surface area (Å²) in [5.74, 6) is 0. The Hall–Kier alpha value is -1.58. The summed E-state index contributed by atoms with van der Waals surface area (Å²) in [5, 5.41) is 0. The van der Waals surface area contributed by atoms with Gasteiger partial charge in [-0.05, 0) is 13.5 Å². The summed E-state index contributed by atoms with van der Waals surface area (Å²) in [6.45, 7) is 0.964. The second-order valence-electron chi connectivity index (χ2n) is 4.13. The zero-order chi connectivity index (χ0) is 12.1. The average molecular weight is 226 g/mol. The molecule has 0 aliphatic carbocycles. The van der Waals surface area contributed by atoms with Gasteiger partial charge in [0.15, 0.2) is 0 Å². The smallest absolute Gasteiger partial charge is 0.236 e. The van der Waals surface area contributed by atoms with Crippen LogP contribution in [0.15, 0.2) is 60.7 Å². The van der Waals surface area contributed by atoms with Crippen LogP contribution < -0.4 is 16.6 Å². The highest BCUT2D eigenvalue weighted by atomic mass is 16.4. The Morgan fingerprint density at radius 3 is 1.65 bits per heavy atom. The number of rotatable bonds is 4. The predicted octanol–water partition coefficient (Wildman–Crippen LogP) is 1.24. The number of nitrogens with two attached hydrogens (primary N) is 1. The summed E-state index contributed by atoms with van der Waals surface area (Å²) in [5.41, 5.74) is 8.55. The number of hydrogen-bond acceptors (Lipinski definition) is 2. The fraction of sp³-hybridized carbons (Fsp3) is 0.143. The maximum absolute atomic E-state index is 6.49. The van der Waals surface area contributed by atoms with Crippen LogP contribution in [0, 0.1) is 0 Å². The lowest BCUT2D eigenvalue weighted by molar-refractivity contribution is 0.339. The Labute approximate surface area is 102 Å². The molecule has 0 bridgehead atoms. The van der Waals surface area contributed by atoms with Gasteiger partial charge in [-0.15, -0.1) is 0 Å². The first kappa shape index (κ1) is 11.9. The molecule has 2 aromatic carbocycles. The molecule has 17 heavy (non-hydrogen) atoms. The Kier molecular flexibility index (Phi) is 3.62. The van der Waals surface area contributed by atoms with E-state index in [0.29, 0.717) is 6.61 Å². The van der Waals surface area contributed by atoms with E-state index in [0.717, 1.165) is 10.9 Å². The monoisotopic (exact) mass is 226 g/mol. The van der Waals surface area contributed by atoms with Crippen LogP contribution >= 0.6 is 0 Å². The lowest BCUT2D eigenvalue weighted by atomic mass is 9.43. The Morgan fingerprint density at radius 1 is 0.882 bits per heavy atom. The van der Waals surface area contributed by atoms with Crippen molar-refractivity contribution in [3.8, 4) is 0 Å². The first-order chi connectivity index (χ1) is 8.27. The van der Waals surface area contributed by atoms with Crippen molar-refractivity contribution in [3.63, 3.8) is 0 Å². The summed E-state index contributed by atoms with van der Waals surface area (Å²) < 4.78 is 5.84. The molecule has 0 spiro atoms. The van der Waals surface area contributed by atoms with Gasteiger partial charge in [0, 0.05) is 0 Å². The van der Waals surface area contributed by atoms with Gasteiger partial charge in [0.05, 0.1) is 0 Å². The second kappa shape index (κ2) is 5.17. The first-order valence-electron chi connectivity index (χ1n) is 5.96. The van der Waals surface area contributed by atoms with Crippen LogP contribution in [-0.4, -0.2) is 13.1 Å². The number of benzene rings is 2. The SMILES string of the molecule is CCO[B-](N)(c1ccccc1)c1ccccc1. The van der Waals surface area contributed by atoms with Crippen molar-refractivity contribution in [3.05, 3.63) is 60.7 Å². The van der Waals surface area contributed by atoms with Crippen molar-refractivity contribution in [1.29, 1.82) is 0 Å². The summed E-state index contributed by atoms with van der Waals surface area (Å²) in [7, 11) is 0. The van der Waals surface area contributed by atoms with Crippen LogP contribution in [0.25, 0.3) is 0 Å². The summed E-state index contributed by atoms with van der Waals surface area (Å²) in [4.78, 5) is 0. The molecule has 0 saturated carbocycles. The average Bonchev–Trinajstić information content (AvgIpc) is 2.41. The van der Waals surface area contributed by atoms with Gasteiger partial charge >= 0.3 is 0 Å². The van der Waals surface area contributed by atoms with E-state index in [1.165, 1.54) is 0 Å². The maximum atomic E-state index is 6.49. The van der Waals surface area contributed by atoms with Gasteiger partial charge < -0.3 is 10.3 Å². The number of hydrogen-bond donors (Lipinski definition) is 1. The lowest BCUT2D eigenvalue weighted by Gasteiger charge is -2.38. The van der Waals surface area contributed by atoms with Gasteiger partial charge in [-0.1, -0.05) is 60.7 Å². The molecule has 2 nitrogen and oxygen atoms in total. The molecule has 2 rings (SSSR count). The van der Waals surface area contributed by atoms with Crippen molar-refractivity contribution < 1.29 is 4.65 Å². The van der Waals surface area contributed by atoms with Crippen LogP contribution in [0.1, 0.15) is 6.92 Å². The van der Waals surface area contributed by atoms with Crippen LogP contribution in [0.3, 0.4) is 0 Å². The summed E-state index contributed by atoms with van der Waals surface area (Å²) >= 11 is 0. The molecule has 0 aliphatic rings. The second-order valence-corrected chi connectivity index (χ2v) is 4.13. The minimum absolute atomic E-state index is 0.598. The molecular weight excluding hydrogens is 209 g/mol. The van der Waals surface area contributed by atoms with E-state index in [1.807, 2.05) is 67.6 Å². The quantitative estimate of drug-likeness (QED) is 0.796. The summed E-state index contributed by atoms with van der Waals surface area (Å²) in [6, 6.07) is 20.0. The molecule has 3 heteroatoms. The first-order valence-corrected chi connectivity index (χ1v) is 5.96. The fourth-order valence-corrected chi connectivity index (χ4v) is 2.13. The van der Waals surface area contributed by atoms with E-state index >= 15 is 0 Å². The van der Waals surface area contributed by atoms with E-state index in [-0.39, 0.29) is 0 Å². The van der Waals surface area contributed by atoms with Crippen molar-refractivity contribution in [1.82, 2.24) is 0 Å². The minimum atomic E-state index is -1.60. The highest BCUT2D eigenvalue weighted by molar-refractivity contribution is 6.95. The third-order valence-electron chi connectivity index (χ3n) is 3.02. The standard InChI is InChI=1S/C14H17BNO/c1-2-17-15(16,13-9-5-3-6-10-13)14-11-7-4-8-12-14/h3-12H,2,16H2,1H3/q-1. The molecule has 0 radical (unpaired) electrons. The normalized spacial score (nSPS) is 11.4. The summed E-state index contributed by atoms with van der Waals surface area (Å²) in [6.07, 6.45) is 0. The van der Waals surface area contributed by atoms with Crippen molar-refractivity contribution in [2.24, 2.45) is 5.64 Å². The van der Waals surface area contributed by atoms with Gasteiger partial charge in [-0.25, -0.2) is 0 Å². The van der Waals surface area contributed by atoms with E-state index in [1.54, 1.807) is 0 Å². The topological polar surface area (TPSA) is 35.2 Å². The van der Waals surface area contributed by atoms with Crippen LogP contribution in [0.2, 0.25) is 0 Å². The molecule has 2 N–H and O–H groups in total. The molecule has 0 fully saturated rings. The van der Waals surface area contributed by atoms with E-state index < -0.39 is 6.48 Å². The van der Waals surface area contributed by atoms with Gasteiger partial charge in [-0.2, -0.15) is 10.9 Å². The zero-order valence-electron chi connectivity index (χ0n) is 10.0. The van der Waals surface area contributed by atoms with Crippen molar-refractivity contribution in [2.75, 3.05) is 6.61 Å². The molecular formula is C14H17BNO-. The van der Waals surface area contributed by atoms with Crippen molar-refractivity contribution >= 4 is 17.4 Å². The third-order valence-corrected chi connectivity index (χ3v) is 3.02. The molecule has 0 unspecified atom stereocenters. The van der Waals surface area contributed by atoms with E-state index in [4.69, 9.17) is 10.3 Å². The van der Waals surface area contributed by atoms with Crippen LogP contribution in [-0.2, 0) is 4.65 Å². The highest BCUT2D eigenvalue weighted by Crippen LogP contribution is 2.01. The maximum Gasteiger partial charge on any atom is 0.236 e. The minimum Gasteiger partial charge on any atom is -0.571 e.